The molecule has 30 heavy (non-hydrogen) atoms. The van der Waals surface area contributed by atoms with Crippen molar-refractivity contribution in [2.24, 2.45) is 0 Å². The van der Waals surface area contributed by atoms with Crippen LogP contribution in [0.2, 0.25) is 0 Å². The number of carbonyl (C=O) groups is 2. The third kappa shape index (κ3) is 3.64. The van der Waals surface area contributed by atoms with Gasteiger partial charge in [-0.05, 0) is 42.7 Å². The molecule has 1 amide bonds. The Morgan fingerprint density at radius 1 is 0.967 bits per heavy atom. The summed E-state index contributed by atoms with van der Waals surface area (Å²) in [6.07, 6.45) is 0. The number of thiophene rings is 2. The molecule has 0 bridgehead atoms. The fourth-order valence-corrected chi connectivity index (χ4v) is 5.23. The zero-order valence-electron chi connectivity index (χ0n) is 16.9. The van der Waals surface area contributed by atoms with E-state index in [1.54, 1.807) is 18.3 Å². The summed E-state index contributed by atoms with van der Waals surface area (Å²) in [5, 5.41) is 9.35. The second kappa shape index (κ2) is 8.42. The number of hydrogen-bond acceptors (Lipinski definition) is 5. The molecule has 0 saturated heterocycles. The van der Waals surface area contributed by atoms with E-state index in [9.17, 15) is 9.59 Å². The van der Waals surface area contributed by atoms with Gasteiger partial charge in [0.25, 0.3) is 5.91 Å². The number of rotatable bonds is 5. The fourth-order valence-electron chi connectivity index (χ4n) is 3.42. The van der Waals surface area contributed by atoms with Crippen LogP contribution in [0, 0.1) is 13.8 Å². The highest BCUT2D eigenvalue weighted by Crippen LogP contribution is 2.39. The second-order valence-corrected chi connectivity index (χ2v) is 8.85. The molecule has 152 valence electrons. The molecule has 2 aromatic carbocycles. The summed E-state index contributed by atoms with van der Waals surface area (Å²) in [6.45, 7) is 5.96. The van der Waals surface area contributed by atoms with E-state index in [1.807, 2.05) is 67.1 Å². The molecule has 2 heterocycles. The minimum Gasteiger partial charge on any atom is -0.462 e. The molecule has 0 fully saturated rings. The van der Waals surface area contributed by atoms with Gasteiger partial charge in [-0.25, -0.2) is 4.79 Å². The van der Waals surface area contributed by atoms with Gasteiger partial charge in [0, 0.05) is 21.2 Å². The van der Waals surface area contributed by atoms with Crippen LogP contribution in [0.25, 0.3) is 21.9 Å². The summed E-state index contributed by atoms with van der Waals surface area (Å²) >= 11 is 2.88. The molecule has 4 nitrogen and oxygen atoms in total. The topological polar surface area (TPSA) is 55.4 Å². The summed E-state index contributed by atoms with van der Waals surface area (Å²) in [4.78, 5) is 26.9. The standard InChI is InChI=1S/C24H21NO3S2/c1-4-28-24(27)21-20(18-11-7-9-16-8-5-6-10-17(16)18)13-30-23(21)25-22(26)19-12-29-15(3)14(19)2/h5-13H,4H2,1-3H3,(H,25,26). The molecule has 2 aromatic heterocycles. The first-order valence-corrected chi connectivity index (χ1v) is 11.4. The van der Waals surface area contributed by atoms with Crippen LogP contribution in [0.1, 0.15) is 38.1 Å². The number of benzene rings is 2. The zero-order chi connectivity index (χ0) is 21.3. The molecule has 1 N–H and O–H groups in total. The maximum atomic E-state index is 12.9. The Kier molecular flexibility index (Phi) is 5.70. The van der Waals surface area contributed by atoms with Crippen LogP contribution in [0.5, 0.6) is 0 Å². The molecule has 0 radical (unpaired) electrons. The van der Waals surface area contributed by atoms with Crippen molar-refractivity contribution >= 4 is 50.3 Å². The van der Waals surface area contributed by atoms with Crippen LogP contribution in [0.15, 0.2) is 53.2 Å². The molecule has 0 saturated carbocycles. The summed E-state index contributed by atoms with van der Waals surface area (Å²) in [5.41, 5.74) is 3.70. The largest absolute Gasteiger partial charge is 0.462 e. The van der Waals surface area contributed by atoms with Crippen LogP contribution in [0.3, 0.4) is 0 Å². The van der Waals surface area contributed by atoms with Crippen molar-refractivity contribution in [3.8, 4) is 11.1 Å². The smallest absolute Gasteiger partial charge is 0.341 e. The number of hydrogen-bond donors (Lipinski definition) is 1. The molecular formula is C24H21NO3S2. The molecule has 0 unspecified atom stereocenters. The molecule has 0 aliphatic heterocycles. The van der Waals surface area contributed by atoms with Gasteiger partial charge in [-0.15, -0.1) is 22.7 Å². The van der Waals surface area contributed by atoms with Crippen molar-refractivity contribution in [3.63, 3.8) is 0 Å². The number of nitrogens with one attached hydrogen (secondary N) is 1. The number of aryl methyl sites for hydroxylation is 1. The summed E-state index contributed by atoms with van der Waals surface area (Å²) in [5.74, 6) is -0.649. The molecule has 6 heteroatoms. The van der Waals surface area contributed by atoms with Gasteiger partial charge in [0.05, 0.1) is 12.2 Å². The van der Waals surface area contributed by atoms with Crippen molar-refractivity contribution in [1.29, 1.82) is 0 Å². The van der Waals surface area contributed by atoms with Gasteiger partial charge in [0.1, 0.15) is 10.6 Å². The number of amides is 1. The van der Waals surface area contributed by atoms with Crippen molar-refractivity contribution in [1.82, 2.24) is 0 Å². The Labute approximate surface area is 183 Å². The van der Waals surface area contributed by atoms with Crippen molar-refractivity contribution in [2.45, 2.75) is 20.8 Å². The minimum atomic E-state index is -0.435. The van der Waals surface area contributed by atoms with Gasteiger partial charge in [-0.1, -0.05) is 42.5 Å². The molecule has 0 spiro atoms. The number of esters is 1. The van der Waals surface area contributed by atoms with E-state index >= 15 is 0 Å². The Bertz CT molecular complexity index is 1250. The van der Waals surface area contributed by atoms with Gasteiger partial charge in [0.15, 0.2) is 0 Å². The lowest BCUT2D eigenvalue weighted by Gasteiger charge is -2.10. The first kappa shape index (κ1) is 20.3. The SMILES string of the molecule is CCOC(=O)c1c(-c2cccc3ccccc23)csc1NC(=O)c1csc(C)c1C. The van der Waals surface area contributed by atoms with E-state index in [4.69, 9.17) is 4.74 Å². The summed E-state index contributed by atoms with van der Waals surface area (Å²) in [6, 6.07) is 14.0. The van der Waals surface area contributed by atoms with Crippen molar-refractivity contribution < 1.29 is 14.3 Å². The van der Waals surface area contributed by atoms with E-state index in [-0.39, 0.29) is 12.5 Å². The van der Waals surface area contributed by atoms with Gasteiger partial charge in [-0.2, -0.15) is 0 Å². The number of fused-ring (bicyclic) bond motifs is 1. The lowest BCUT2D eigenvalue weighted by molar-refractivity contribution is 0.0529. The number of ether oxygens (including phenoxy) is 1. The quantitative estimate of drug-likeness (QED) is 0.356. The van der Waals surface area contributed by atoms with Crippen LogP contribution in [0.4, 0.5) is 5.00 Å². The molecule has 0 aliphatic carbocycles. The highest BCUT2D eigenvalue weighted by Gasteiger charge is 2.24. The predicted octanol–water partition coefficient (Wildman–Crippen LogP) is 6.68. The second-order valence-electron chi connectivity index (χ2n) is 6.89. The van der Waals surface area contributed by atoms with Crippen molar-refractivity contribution in [2.75, 3.05) is 11.9 Å². The minimum absolute atomic E-state index is 0.214. The number of anilines is 1. The fraction of sp³-hybridized carbons (Fsp3) is 0.167. The Hall–Kier alpha value is -2.96. The van der Waals surface area contributed by atoms with Gasteiger partial charge < -0.3 is 10.1 Å². The molecule has 0 aliphatic rings. The highest BCUT2D eigenvalue weighted by atomic mass is 32.1. The first-order chi connectivity index (χ1) is 14.5. The van der Waals surface area contributed by atoms with Gasteiger partial charge in [-0.3, -0.25) is 4.79 Å². The van der Waals surface area contributed by atoms with Gasteiger partial charge >= 0.3 is 5.97 Å². The third-order valence-corrected chi connectivity index (χ3v) is 7.02. The lowest BCUT2D eigenvalue weighted by atomic mass is 9.97. The zero-order valence-corrected chi connectivity index (χ0v) is 18.6. The van der Waals surface area contributed by atoms with E-state index in [2.05, 4.69) is 5.32 Å². The van der Waals surface area contributed by atoms with E-state index < -0.39 is 5.97 Å². The molecular weight excluding hydrogens is 414 g/mol. The molecule has 4 aromatic rings. The van der Waals surface area contributed by atoms with Crippen LogP contribution in [-0.4, -0.2) is 18.5 Å². The maximum absolute atomic E-state index is 12.9. The Morgan fingerprint density at radius 2 is 1.73 bits per heavy atom. The normalized spacial score (nSPS) is 10.9. The summed E-state index contributed by atoms with van der Waals surface area (Å²) < 4.78 is 5.33. The van der Waals surface area contributed by atoms with E-state index in [0.29, 0.717) is 16.1 Å². The third-order valence-electron chi connectivity index (χ3n) is 5.11. The van der Waals surface area contributed by atoms with E-state index in [0.717, 1.165) is 32.3 Å². The summed E-state index contributed by atoms with van der Waals surface area (Å²) in [7, 11) is 0. The average Bonchev–Trinajstić information content (AvgIpc) is 3.31. The van der Waals surface area contributed by atoms with Crippen LogP contribution < -0.4 is 5.32 Å². The van der Waals surface area contributed by atoms with E-state index in [1.165, 1.54) is 11.3 Å². The number of carbonyl (C=O) groups excluding carboxylic acids is 2. The molecule has 0 atom stereocenters. The van der Waals surface area contributed by atoms with Crippen molar-refractivity contribution in [3.05, 3.63) is 74.8 Å². The van der Waals surface area contributed by atoms with Gasteiger partial charge in [0.2, 0.25) is 0 Å². The van der Waals surface area contributed by atoms with Crippen LogP contribution in [-0.2, 0) is 4.74 Å². The Morgan fingerprint density at radius 3 is 2.47 bits per heavy atom. The Balaban J connectivity index is 1.81. The van der Waals surface area contributed by atoms with Crippen LogP contribution >= 0.6 is 22.7 Å². The lowest BCUT2D eigenvalue weighted by Crippen LogP contribution is -2.15. The maximum Gasteiger partial charge on any atom is 0.341 e. The monoisotopic (exact) mass is 435 g/mol. The predicted molar refractivity (Wildman–Crippen MR) is 125 cm³/mol. The highest BCUT2D eigenvalue weighted by molar-refractivity contribution is 7.15. The average molecular weight is 436 g/mol. The molecule has 4 rings (SSSR count). The first-order valence-electron chi connectivity index (χ1n) is 9.64.